The van der Waals surface area contributed by atoms with Crippen molar-refractivity contribution in [1.29, 1.82) is 0 Å². The Morgan fingerprint density at radius 1 is 1.23 bits per heavy atom. The van der Waals surface area contributed by atoms with Gasteiger partial charge in [-0.3, -0.25) is 4.79 Å². The zero-order valence-electron chi connectivity index (χ0n) is 14.9. The van der Waals surface area contributed by atoms with Crippen LogP contribution in [0.15, 0.2) is 30.5 Å². The molecule has 4 rings (SSSR count). The fourth-order valence-corrected chi connectivity index (χ4v) is 3.93. The van der Waals surface area contributed by atoms with Gasteiger partial charge in [0.05, 0.1) is 17.7 Å². The fourth-order valence-electron chi connectivity index (χ4n) is 3.93. The second kappa shape index (κ2) is 6.76. The normalized spacial score (nSPS) is 18.6. The van der Waals surface area contributed by atoms with Gasteiger partial charge in [-0.15, -0.1) is 0 Å². The first kappa shape index (κ1) is 17.1. The van der Waals surface area contributed by atoms with E-state index in [1.807, 2.05) is 18.0 Å². The quantitative estimate of drug-likeness (QED) is 0.850. The molecule has 2 aliphatic heterocycles. The Hall–Kier alpha value is -2.34. The van der Waals surface area contributed by atoms with Crippen LogP contribution >= 0.6 is 0 Å². The summed E-state index contributed by atoms with van der Waals surface area (Å²) < 4.78 is 18.9. The van der Waals surface area contributed by atoms with E-state index in [1.54, 1.807) is 12.1 Å². The Morgan fingerprint density at radius 3 is 2.65 bits per heavy atom. The SMILES string of the molecule is CCc1ncc2c(n1)CN(C(=O)C1(c3ccc(F)cc3)CCOCC1)C2. The summed E-state index contributed by atoms with van der Waals surface area (Å²) in [6.45, 7) is 4.12. The number of aryl methyl sites for hydroxylation is 1. The Labute approximate surface area is 152 Å². The molecule has 136 valence electrons. The van der Waals surface area contributed by atoms with Crippen molar-refractivity contribution in [3.05, 3.63) is 58.9 Å². The van der Waals surface area contributed by atoms with E-state index in [4.69, 9.17) is 4.74 Å². The second-order valence-electron chi connectivity index (χ2n) is 6.97. The molecule has 1 aromatic carbocycles. The standard InChI is InChI=1S/C20H22FN3O2/c1-2-18-22-11-14-12-24(13-17(14)23-18)19(25)20(7-9-26-10-8-20)15-3-5-16(21)6-4-15/h3-6,11H,2,7-10,12-13H2,1H3. The molecular formula is C20H22FN3O2. The van der Waals surface area contributed by atoms with Gasteiger partial charge in [0.1, 0.15) is 11.6 Å². The number of hydrogen-bond acceptors (Lipinski definition) is 4. The molecule has 0 spiro atoms. The van der Waals surface area contributed by atoms with Crippen LogP contribution in [-0.4, -0.2) is 34.0 Å². The van der Waals surface area contributed by atoms with Crippen LogP contribution in [0.25, 0.3) is 0 Å². The van der Waals surface area contributed by atoms with Crippen molar-refractivity contribution in [3.63, 3.8) is 0 Å². The van der Waals surface area contributed by atoms with Gasteiger partial charge in [-0.1, -0.05) is 19.1 Å². The highest BCUT2D eigenvalue weighted by molar-refractivity contribution is 5.88. The van der Waals surface area contributed by atoms with Crippen LogP contribution < -0.4 is 0 Å². The van der Waals surface area contributed by atoms with Crippen LogP contribution in [0.5, 0.6) is 0 Å². The van der Waals surface area contributed by atoms with Crippen molar-refractivity contribution in [2.24, 2.45) is 0 Å². The number of aromatic nitrogens is 2. The van der Waals surface area contributed by atoms with E-state index in [0.29, 0.717) is 39.1 Å². The van der Waals surface area contributed by atoms with Gasteiger partial charge >= 0.3 is 0 Å². The molecule has 1 saturated heterocycles. The summed E-state index contributed by atoms with van der Waals surface area (Å²) in [6, 6.07) is 6.32. The molecule has 0 bridgehead atoms. The summed E-state index contributed by atoms with van der Waals surface area (Å²) in [5.74, 6) is 0.583. The average molecular weight is 355 g/mol. The van der Waals surface area contributed by atoms with Crippen molar-refractivity contribution >= 4 is 5.91 Å². The van der Waals surface area contributed by atoms with E-state index in [0.717, 1.165) is 29.1 Å². The molecule has 1 aromatic heterocycles. The molecule has 2 aromatic rings. The molecule has 0 N–H and O–H groups in total. The van der Waals surface area contributed by atoms with Gasteiger partial charge in [0, 0.05) is 37.9 Å². The Balaban J connectivity index is 1.64. The maximum absolute atomic E-state index is 13.6. The summed E-state index contributed by atoms with van der Waals surface area (Å²) in [5.41, 5.74) is 2.15. The Bertz CT molecular complexity index is 816. The third-order valence-corrected chi connectivity index (χ3v) is 5.46. The largest absolute Gasteiger partial charge is 0.381 e. The van der Waals surface area contributed by atoms with Gasteiger partial charge in [-0.2, -0.15) is 0 Å². The van der Waals surface area contributed by atoms with Gasteiger partial charge in [0.25, 0.3) is 0 Å². The van der Waals surface area contributed by atoms with Crippen LogP contribution in [0.4, 0.5) is 4.39 Å². The predicted molar refractivity (Wildman–Crippen MR) is 93.8 cm³/mol. The fraction of sp³-hybridized carbons (Fsp3) is 0.450. The predicted octanol–water partition coefficient (Wildman–Crippen LogP) is 2.77. The molecule has 2 aliphatic rings. The topological polar surface area (TPSA) is 55.3 Å². The summed E-state index contributed by atoms with van der Waals surface area (Å²) in [6.07, 6.45) is 3.83. The molecule has 1 fully saturated rings. The number of nitrogens with zero attached hydrogens (tertiary/aromatic N) is 3. The number of benzene rings is 1. The van der Waals surface area contributed by atoms with Gasteiger partial charge in [0.15, 0.2) is 0 Å². The van der Waals surface area contributed by atoms with Crippen LogP contribution in [-0.2, 0) is 34.5 Å². The van der Waals surface area contributed by atoms with Crippen LogP contribution in [0.2, 0.25) is 0 Å². The average Bonchev–Trinajstić information content (AvgIpc) is 3.11. The number of amides is 1. The number of rotatable bonds is 3. The number of carbonyl (C=O) groups is 1. The highest BCUT2D eigenvalue weighted by atomic mass is 19.1. The van der Waals surface area contributed by atoms with Crippen molar-refractivity contribution in [3.8, 4) is 0 Å². The lowest BCUT2D eigenvalue weighted by Crippen LogP contribution is -2.48. The molecule has 0 saturated carbocycles. The van der Waals surface area contributed by atoms with Gasteiger partial charge in [-0.25, -0.2) is 14.4 Å². The zero-order valence-corrected chi connectivity index (χ0v) is 14.9. The molecule has 6 heteroatoms. The third kappa shape index (κ3) is 2.88. The molecule has 26 heavy (non-hydrogen) atoms. The second-order valence-corrected chi connectivity index (χ2v) is 6.97. The molecule has 0 unspecified atom stereocenters. The zero-order chi connectivity index (χ0) is 18.1. The van der Waals surface area contributed by atoms with Crippen LogP contribution in [0.3, 0.4) is 0 Å². The maximum Gasteiger partial charge on any atom is 0.234 e. The lowest BCUT2D eigenvalue weighted by Gasteiger charge is -2.39. The van der Waals surface area contributed by atoms with E-state index in [-0.39, 0.29) is 11.7 Å². The summed E-state index contributed by atoms with van der Waals surface area (Å²) in [4.78, 5) is 24.3. The lowest BCUT2D eigenvalue weighted by molar-refractivity contribution is -0.142. The van der Waals surface area contributed by atoms with Gasteiger partial charge in [-0.05, 0) is 30.5 Å². The first-order valence-corrected chi connectivity index (χ1v) is 9.09. The molecule has 5 nitrogen and oxygen atoms in total. The van der Waals surface area contributed by atoms with Crippen molar-refractivity contribution in [2.75, 3.05) is 13.2 Å². The number of hydrogen-bond donors (Lipinski definition) is 0. The minimum atomic E-state index is -0.658. The number of halogens is 1. The molecule has 1 amide bonds. The van der Waals surface area contributed by atoms with E-state index >= 15 is 0 Å². The first-order valence-electron chi connectivity index (χ1n) is 9.09. The first-order chi connectivity index (χ1) is 12.6. The van der Waals surface area contributed by atoms with E-state index in [1.165, 1.54) is 12.1 Å². The Kier molecular flexibility index (Phi) is 4.44. The highest BCUT2D eigenvalue weighted by Crippen LogP contribution is 2.38. The lowest BCUT2D eigenvalue weighted by atomic mass is 9.73. The van der Waals surface area contributed by atoms with Crippen LogP contribution in [0.1, 0.15) is 42.4 Å². The molecule has 0 radical (unpaired) electrons. The van der Waals surface area contributed by atoms with E-state index < -0.39 is 5.41 Å². The van der Waals surface area contributed by atoms with E-state index in [9.17, 15) is 9.18 Å². The molecule has 0 atom stereocenters. The van der Waals surface area contributed by atoms with Crippen LogP contribution in [0, 0.1) is 5.82 Å². The smallest absolute Gasteiger partial charge is 0.234 e. The molecule has 3 heterocycles. The van der Waals surface area contributed by atoms with Gasteiger partial charge in [0.2, 0.25) is 5.91 Å². The Morgan fingerprint density at radius 2 is 1.96 bits per heavy atom. The summed E-state index contributed by atoms with van der Waals surface area (Å²) >= 11 is 0. The van der Waals surface area contributed by atoms with E-state index in [2.05, 4.69) is 9.97 Å². The summed E-state index contributed by atoms with van der Waals surface area (Å²) in [5, 5.41) is 0. The van der Waals surface area contributed by atoms with Gasteiger partial charge < -0.3 is 9.64 Å². The van der Waals surface area contributed by atoms with Crippen molar-refractivity contribution < 1.29 is 13.9 Å². The maximum atomic E-state index is 13.6. The number of fused-ring (bicyclic) bond motifs is 1. The number of carbonyl (C=O) groups excluding carboxylic acids is 1. The highest BCUT2D eigenvalue weighted by Gasteiger charge is 2.45. The van der Waals surface area contributed by atoms with Crippen molar-refractivity contribution in [1.82, 2.24) is 14.9 Å². The number of ether oxygens (including phenoxy) is 1. The third-order valence-electron chi connectivity index (χ3n) is 5.46. The molecule has 0 aliphatic carbocycles. The monoisotopic (exact) mass is 355 g/mol. The summed E-state index contributed by atoms with van der Waals surface area (Å²) in [7, 11) is 0. The minimum Gasteiger partial charge on any atom is -0.381 e. The van der Waals surface area contributed by atoms with Crippen molar-refractivity contribution in [2.45, 2.75) is 44.7 Å². The molecular weight excluding hydrogens is 333 g/mol. The minimum absolute atomic E-state index is 0.0726.